The number of hydrogen-bond donors (Lipinski definition) is 1. The number of aliphatic hydroxyl groups is 1. The molecule has 5 heteroatoms. The zero-order valence-corrected chi connectivity index (χ0v) is 11.9. The Kier molecular flexibility index (Phi) is 4.71. The van der Waals surface area contributed by atoms with Crippen LogP contribution in [0.15, 0.2) is 28.7 Å². The van der Waals surface area contributed by atoms with Crippen molar-refractivity contribution in [3.8, 4) is 0 Å². The summed E-state index contributed by atoms with van der Waals surface area (Å²) in [4.78, 5) is 13.6. The SMILES string of the molecule is O=C(C=Cc1cc(Br)ccc1F)N1CCC(O)CC1. The van der Waals surface area contributed by atoms with E-state index < -0.39 is 0 Å². The monoisotopic (exact) mass is 327 g/mol. The lowest BCUT2D eigenvalue weighted by Crippen LogP contribution is -2.39. The van der Waals surface area contributed by atoms with Gasteiger partial charge in [-0.3, -0.25) is 4.79 Å². The van der Waals surface area contributed by atoms with Crippen LogP contribution in [0.1, 0.15) is 18.4 Å². The summed E-state index contributed by atoms with van der Waals surface area (Å²) in [7, 11) is 0. The van der Waals surface area contributed by atoms with Crippen molar-refractivity contribution in [2.45, 2.75) is 18.9 Å². The van der Waals surface area contributed by atoms with Gasteiger partial charge in [0.25, 0.3) is 0 Å². The molecule has 19 heavy (non-hydrogen) atoms. The molecule has 1 aliphatic rings. The molecule has 0 bridgehead atoms. The summed E-state index contributed by atoms with van der Waals surface area (Å²) in [5.74, 6) is -0.507. The first-order chi connectivity index (χ1) is 9.06. The highest BCUT2D eigenvalue weighted by atomic mass is 79.9. The van der Waals surface area contributed by atoms with Crippen molar-refractivity contribution in [2.24, 2.45) is 0 Å². The summed E-state index contributed by atoms with van der Waals surface area (Å²) in [5, 5.41) is 9.37. The van der Waals surface area contributed by atoms with E-state index in [9.17, 15) is 14.3 Å². The number of likely N-dealkylation sites (tertiary alicyclic amines) is 1. The molecule has 1 fully saturated rings. The zero-order chi connectivity index (χ0) is 13.8. The van der Waals surface area contributed by atoms with E-state index in [1.54, 1.807) is 17.0 Å². The van der Waals surface area contributed by atoms with E-state index >= 15 is 0 Å². The molecule has 1 aliphatic heterocycles. The highest BCUT2D eigenvalue weighted by Gasteiger charge is 2.19. The molecule has 1 aromatic rings. The average molecular weight is 328 g/mol. The van der Waals surface area contributed by atoms with Crippen LogP contribution in [0, 0.1) is 5.82 Å². The molecule has 2 rings (SSSR count). The van der Waals surface area contributed by atoms with Crippen LogP contribution in [-0.4, -0.2) is 35.1 Å². The van der Waals surface area contributed by atoms with Crippen LogP contribution in [0.25, 0.3) is 6.08 Å². The maximum Gasteiger partial charge on any atom is 0.246 e. The second kappa shape index (κ2) is 6.30. The second-order valence-corrected chi connectivity index (χ2v) is 5.47. The lowest BCUT2D eigenvalue weighted by Gasteiger charge is -2.28. The molecule has 1 N–H and O–H groups in total. The molecule has 1 heterocycles. The lowest BCUT2D eigenvalue weighted by molar-refractivity contribution is -0.127. The fourth-order valence-corrected chi connectivity index (χ4v) is 2.37. The number of benzene rings is 1. The maximum absolute atomic E-state index is 13.5. The van der Waals surface area contributed by atoms with E-state index in [2.05, 4.69) is 15.9 Å². The molecule has 102 valence electrons. The molecule has 1 saturated heterocycles. The van der Waals surface area contributed by atoms with Gasteiger partial charge < -0.3 is 10.0 Å². The summed E-state index contributed by atoms with van der Waals surface area (Å²) < 4.78 is 14.2. The van der Waals surface area contributed by atoms with Gasteiger partial charge in [0.05, 0.1) is 6.10 Å². The summed E-state index contributed by atoms with van der Waals surface area (Å²) >= 11 is 3.26. The van der Waals surface area contributed by atoms with E-state index in [0.29, 0.717) is 31.5 Å². The summed E-state index contributed by atoms with van der Waals surface area (Å²) in [6, 6.07) is 4.59. The molecule has 1 aromatic carbocycles. The predicted molar refractivity (Wildman–Crippen MR) is 75.0 cm³/mol. The van der Waals surface area contributed by atoms with Gasteiger partial charge in [-0.15, -0.1) is 0 Å². The number of aliphatic hydroxyl groups excluding tert-OH is 1. The minimum absolute atomic E-state index is 0.147. The minimum Gasteiger partial charge on any atom is -0.393 e. The van der Waals surface area contributed by atoms with Crippen LogP contribution in [-0.2, 0) is 4.79 Å². The number of carbonyl (C=O) groups is 1. The Morgan fingerprint density at radius 1 is 1.42 bits per heavy atom. The predicted octanol–water partition coefficient (Wildman–Crippen LogP) is 2.58. The molecule has 0 radical (unpaired) electrons. The van der Waals surface area contributed by atoms with Gasteiger partial charge in [0, 0.05) is 29.2 Å². The third-order valence-electron chi connectivity index (χ3n) is 3.14. The molecule has 0 aromatic heterocycles. The lowest BCUT2D eigenvalue weighted by atomic mass is 10.1. The fraction of sp³-hybridized carbons (Fsp3) is 0.357. The van der Waals surface area contributed by atoms with E-state index in [4.69, 9.17) is 0 Å². The number of hydrogen-bond acceptors (Lipinski definition) is 2. The highest BCUT2D eigenvalue weighted by molar-refractivity contribution is 9.10. The molecule has 0 atom stereocenters. The molecular weight excluding hydrogens is 313 g/mol. The smallest absolute Gasteiger partial charge is 0.246 e. The quantitative estimate of drug-likeness (QED) is 0.848. The summed E-state index contributed by atoms with van der Waals surface area (Å²) in [6.07, 6.45) is 3.75. The average Bonchev–Trinajstić information content (AvgIpc) is 2.40. The standard InChI is InChI=1S/C14H15BrFNO2/c15-11-2-3-13(16)10(9-11)1-4-14(19)17-7-5-12(18)6-8-17/h1-4,9,12,18H,5-8H2. The molecule has 1 amide bonds. The molecular formula is C14H15BrFNO2. The number of halogens is 2. The normalized spacial score (nSPS) is 17.1. The number of nitrogens with zero attached hydrogens (tertiary/aromatic N) is 1. The van der Waals surface area contributed by atoms with Crippen LogP contribution in [0.2, 0.25) is 0 Å². The van der Waals surface area contributed by atoms with Crippen LogP contribution >= 0.6 is 15.9 Å². The fourth-order valence-electron chi connectivity index (χ4n) is 2.00. The molecule has 0 spiro atoms. The van der Waals surface area contributed by atoms with Crippen molar-refractivity contribution < 1.29 is 14.3 Å². The molecule has 0 aliphatic carbocycles. The first kappa shape index (κ1) is 14.2. The molecule has 0 saturated carbocycles. The van der Waals surface area contributed by atoms with Gasteiger partial charge in [0.1, 0.15) is 5.82 Å². The van der Waals surface area contributed by atoms with Crippen molar-refractivity contribution in [1.29, 1.82) is 0 Å². The number of rotatable bonds is 2. The van der Waals surface area contributed by atoms with Crippen molar-refractivity contribution in [3.63, 3.8) is 0 Å². The van der Waals surface area contributed by atoms with Gasteiger partial charge >= 0.3 is 0 Å². The van der Waals surface area contributed by atoms with Gasteiger partial charge in [0.15, 0.2) is 0 Å². The van der Waals surface area contributed by atoms with Gasteiger partial charge in [-0.1, -0.05) is 15.9 Å². The van der Waals surface area contributed by atoms with E-state index in [1.165, 1.54) is 18.2 Å². The number of carbonyl (C=O) groups excluding carboxylic acids is 1. The summed E-state index contributed by atoms with van der Waals surface area (Å²) in [6.45, 7) is 1.09. The maximum atomic E-state index is 13.5. The van der Waals surface area contributed by atoms with Crippen molar-refractivity contribution >= 4 is 27.9 Å². The zero-order valence-electron chi connectivity index (χ0n) is 10.4. The van der Waals surface area contributed by atoms with Crippen molar-refractivity contribution in [1.82, 2.24) is 4.90 Å². The third kappa shape index (κ3) is 3.88. The highest BCUT2D eigenvalue weighted by Crippen LogP contribution is 2.17. The molecule has 0 unspecified atom stereocenters. The van der Waals surface area contributed by atoms with Crippen LogP contribution in [0.4, 0.5) is 4.39 Å². The topological polar surface area (TPSA) is 40.5 Å². The Morgan fingerprint density at radius 2 is 2.11 bits per heavy atom. The first-order valence-corrected chi connectivity index (χ1v) is 6.95. The number of amides is 1. The Labute approximate surface area is 119 Å². The van der Waals surface area contributed by atoms with Crippen LogP contribution in [0.5, 0.6) is 0 Å². The van der Waals surface area contributed by atoms with E-state index in [-0.39, 0.29) is 17.8 Å². The van der Waals surface area contributed by atoms with E-state index in [0.717, 1.165) is 4.47 Å². The van der Waals surface area contributed by atoms with E-state index in [1.807, 2.05) is 0 Å². The molecule has 3 nitrogen and oxygen atoms in total. The first-order valence-electron chi connectivity index (χ1n) is 6.16. The Morgan fingerprint density at radius 3 is 2.79 bits per heavy atom. The minimum atomic E-state index is -0.360. The van der Waals surface area contributed by atoms with Gasteiger partial charge in [-0.05, 0) is 37.1 Å². The largest absolute Gasteiger partial charge is 0.393 e. The number of piperidine rings is 1. The van der Waals surface area contributed by atoms with Gasteiger partial charge in [-0.25, -0.2) is 4.39 Å². The van der Waals surface area contributed by atoms with Crippen LogP contribution in [0.3, 0.4) is 0 Å². The third-order valence-corrected chi connectivity index (χ3v) is 3.63. The van der Waals surface area contributed by atoms with Gasteiger partial charge in [-0.2, -0.15) is 0 Å². The Bertz CT molecular complexity index is 496. The Balaban J connectivity index is 2.02. The summed E-state index contributed by atoms with van der Waals surface area (Å²) in [5.41, 5.74) is 0.375. The van der Waals surface area contributed by atoms with Crippen molar-refractivity contribution in [2.75, 3.05) is 13.1 Å². The second-order valence-electron chi connectivity index (χ2n) is 4.56. The van der Waals surface area contributed by atoms with Crippen molar-refractivity contribution in [3.05, 3.63) is 40.1 Å². The Hall–Kier alpha value is -1.20. The van der Waals surface area contributed by atoms with Gasteiger partial charge in [0.2, 0.25) is 5.91 Å². The van der Waals surface area contributed by atoms with Crippen LogP contribution < -0.4 is 0 Å².